The lowest BCUT2D eigenvalue weighted by molar-refractivity contribution is -0.137. The third kappa shape index (κ3) is 3.64. The van der Waals surface area contributed by atoms with E-state index in [9.17, 15) is 13.2 Å². The van der Waals surface area contributed by atoms with Gasteiger partial charge in [-0.15, -0.1) is 0 Å². The Morgan fingerprint density at radius 2 is 1.85 bits per heavy atom. The van der Waals surface area contributed by atoms with Crippen molar-refractivity contribution in [2.75, 3.05) is 5.32 Å². The zero-order valence-corrected chi connectivity index (χ0v) is 13.7. The van der Waals surface area contributed by atoms with Gasteiger partial charge >= 0.3 is 6.18 Å². The molecule has 136 valence electrons. The van der Waals surface area contributed by atoms with E-state index in [0.29, 0.717) is 23.0 Å². The summed E-state index contributed by atoms with van der Waals surface area (Å²) in [6.07, 6.45) is 5.28. The van der Waals surface area contributed by atoms with Crippen LogP contribution in [0, 0.1) is 0 Å². The molecule has 10 heteroatoms. The van der Waals surface area contributed by atoms with E-state index in [1.54, 1.807) is 41.7 Å². The number of hydrogen-bond acceptors (Lipinski definition) is 5. The Morgan fingerprint density at radius 1 is 1.04 bits per heavy atom. The lowest BCUT2D eigenvalue weighted by Crippen LogP contribution is -2.05. The van der Waals surface area contributed by atoms with Crippen molar-refractivity contribution >= 4 is 11.5 Å². The Bertz CT molecular complexity index is 1040. The molecule has 0 atom stereocenters. The van der Waals surface area contributed by atoms with Crippen LogP contribution in [0.1, 0.15) is 5.56 Å². The number of aromatic nitrogens is 6. The van der Waals surface area contributed by atoms with Crippen molar-refractivity contribution in [3.8, 4) is 11.5 Å². The predicted molar refractivity (Wildman–Crippen MR) is 91.0 cm³/mol. The van der Waals surface area contributed by atoms with Crippen LogP contribution in [-0.4, -0.2) is 29.3 Å². The van der Waals surface area contributed by atoms with E-state index >= 15 is 0 Å². The first-order valence-electron chi connectivity index (χ1n) is 7.79. The fraction of sp³-hybridized carbons (Fsp3) is 0.0588. The summed E-state index contributed by atoms with van der Waals surface area (Å²) in [6.45, 7) is 0. The van der Waals surface area contributed by atoms with E-state index < -0.39 is 11.7 Å². The lowest BCUT2D eigenvalue weighted by Gasteiger charge is -2.07. The zero-order valence-electron chi connectivity index (χ0n) is 13.7. The Balaban J connectivity index is 1.53. The monoisotopic (exact) mass is 371 g/mol. The number of hydrogen-bond donors (Lipinski definition) is 1. The normalized spacial score (nSPS) is 11.5. The van der Waals surface area contributed by atoms with Gasteiger partial charge in [-0.25, -0.2) is 19.6 Å². The fourth-order valence-electron chi connectivity index (χ4n) is 2.43. The Kier molecular flexibility index (Phi) is 4.07. The van der Waals surface area contributed by atoms with Gasteiger partial charge < -0.3 is 5.32 Å². The average molecular weight is 371 g/mol. The number of halogens is 3. The van der Waals surface area contributed by atoms with Crippen molar-refractivity contribution in [3.63, 3.8) is 0 Å². The van der Waals surface area contributed by atoms with Crippen molar-refractivity contribution in [1.29, 1.82) is 0 Å². The van der Waals surface area contributed by atoms with Gasteiger partial charge in [0.05, 0.1) is 29.3 Å². The predicted octanol–water partition coefficient (Wildman–Crippen LogP) is 3.61. The number of alkyl halides is 3. The first-order valence-corrected chi connectivity index (χ1v) is 7.79. The second-order valence-electron chi connectivity index (χ2n) is 5.57. The summed E-state index contributed by atoms with van der Waals surface area (Å²) in [5.74, 6) is 1.18. The Morgan fingerprint density at radius 3 is 2.56 bits per heavy atom. The molecule has 0 unspecified atom stereocenters. The van der Waals surface area contributed by atoms with Gasteiger partial charge in [0.1, 0.15) is 24.3 Å². The Hall–Kier alpha value is -3.69. The van der Waals surface area contributed by atoms with Crippen molar-refractivity contribution in [1.82, 2.24) is 29.3 Å². The highest BCUT2D eigenvalue weighted by Gasteiger charge is 2.30. The van der Waals surface area contributed by atoms with Crippen molar-refractivity contribution in [2.24, 2.45) is 0 Å². The summed E-state index contributed by atoms with van der Waals surface area (Å²) in [5, 5.41) is 7.24. The largest absolute Gasteiger partial charge is 0.416 e. The molecule has 4 rings (SSSR count). The zero-order chi connectivity index (χ0) is 18.9. The molecule has 3 heterocycles. The molecule has 7 nitrogen and oxygen atoms in total. The minimum atomic E-state index is -4.37. The van der Waals surface area contributed by atoms with Gasteiger partial charge in [0, 0.05) is 18.5 Å². The minimum Gasteiger partial charge on any atom is -0.337 e. The van der Waals surface area contributed by atoms with Crippen LogP contribution in [0.15, 0.2) is 67.8 Å². The number of rotatable bonds is 4. The second kappa shape index (κ2) is 6.56. The number of benzene rings is 1. The van der Waals surface area contributed by atoms with E-state index in [1.807, 2.05) is 0 Å². The number of nitrogens with zero attached hydrogens (tertiary/aromatic N) is 6. The molecule has 0 radical (unpaired) electrons. The smallest absolute Gasteiger partial charge is 0.337 e. The molecule has 1 N–H and O–H groups in total. The second-order valence-corrected chi connectivity index (χ2v) is 5.57. The molecule has 4 aromatic rings. The minimum absolute atomic E-state index is 0.512. The van der Waals surface area contributed by atoms with Crippen molar-refractivity contribution in [2.45, 2.75) is 6.18 Å². The van der Waals surface area contributed by atoms with Gasteiger partial charge in [-0.2, -0.15) is 18.3 Å². The van der Waals surface area contributed by atoms with Gasteiger partial charge in [0.25, 0.3) is 0 Å². The van der Waals surface area contributed by atoms with Crippen molar-refractivity contribution < 1.29 is 13.2 Å². The van der Waals surface area contributed by atoms with E-state index in [0.717, 1.165) is 12.1 Å². The van der Waals surface area contributed by atoms with Crippen LogP contribution in [0.3, 0.4) is 0 Å². The molecule has 0 amide bonds. The average Bonchev–Trinajstić information content (AvgIpc) is 3.33. The molecule has 0 saturated heterocycles. The van der Waals surface area contributed by atoms with Gasteiger partial charge in [-0.05, 0) is 24.3 Å². The summed E-state index contributed by atoms with van der Waals surface area (Å²) in [5.41, 5.74) is 0.438. The quantitative estimate of drug-likeness (QED) is 0.593. The van der Waals surface area contributed by atoms with Gasteiger partial charge in [0.15, 0.2) is 0 Å². The standard InChI is InChI=1S/C17H12F3N7/c18-17(19,20)12-1-3-14(4-2-12)27-9-13(8-24-27)25-15-7-16(23-10-22-15)26-6-5-21-11-26/h1-11H,(H,22,23,25). The first kappa shape index (κ1) is 16.8. The maximum absolute atomic E-state index is 12.7. The van der Waals surface area contributed by atoms with E-state index in [1.165, 1.54) is 23.1 Å². The molecule has 0 aliphatic carbocycles. The molecule has 0 bridgehead atoms. The molecule has 0 aliphatic heterocycles. The van der Waals surface area contributed by atoms with Crippen LogP contribution in [-0.2, 0) is 6.18 Å². The molecule has 27 heavy (non-hydrogen) atoms. The highest BCUT2D eigenvalue weighted by molar-refractivity contribution is 5.56. The van der Waals surface area contributed by atoms with Crippen LogP contribution in [0.2, 0.25) is 0 Å². The molecular formula is C17H12F3N7. The first-order chi connectivity index (χ1) is 13.0. The molecule has 0 fully saturated rings. The molecular weight excluding hydrogens is 359 g/mol. The Labute approximate surface area is 151 Å². The maximum atomic E-state index is 12.7. The van der Waals surface area contributed by atoms with Gasteiger partial charge in [0.2, 0.25) is 0 Å². The topological polar surface area (TPSA) is 73.5 Å². The lowest BCUT2D eigenvalue weighted by atomic mass is 10.2. The molecule has 0 aliphatic rings. The van der Waals surface area contributed by atoms with Gasteiger partial charge in [-0.3, -0.25) is 4.57 Å². The highest BCUT2D eigenvalue weighted by atomic mass is 19.4. The molecule has 3 aromatic heterocycles. The highest BCUT2D eigenvalue weighted by Crippen LogP contribution is 2.29. The summed E-state index contributed by atoms with van der Waals surface area (Å²) in [7, 11) is 0. The number of anilines is 2. The van der Waals surface area contributed by atoms with Crippen LogP contribution < -0.4 is 5.32 Å². The van der Waals surface area contributed by atoms with E-state index in [2.05, 4.69) is 25.4 Å². The molecule has 0 spiro atoms. The maximum Gasteiger partial charge on any atom is 0.416 e. The number of nitrogens with one attached hydrogen (secondary N) is 1. The summed E-state index contributed by atoms with van der Waals surface area (Å²) in [4.78, 5) is 12.3. The van der Waals surface area contributed by atoms with Gasteiger partial charge in [-0.1, -0.05) is 0 Å². The van der Waals surface area contributed by atoms with Crippen LogP contribution >= 0.6 is 0 Å². The third-order valence-electron chi connectivity index (χ3n) is 3.74. The van der Waals surface area contributed by atoms with Crippen LogP contribution in [0.25, 0.3) is 11.5 Å². The summed E-state index contributed by atoms with van der Waals surface area (Å²) in [6, 6.07) is 6.50. The van der Waals surface area contributed by atoms with Crippen LogP contribution in [0.5, 0.6) is 0 Å². The van der Waals surface area contributed by atoms with Crippen molar-refractivity contribution in [3.05, 3.63) is 73.3 Å². The number of imidazole rings is 1. The SMILES string of the molecule is FC(F)(F)c1ccc(-n2cc(Nc3cc(-n4ccnc4)ncn3)cn2)cc1. The summed E-state index contributed by atoms with van der Waals surface area (Å²) >= 11 is 0. The van der Waals surface area contributed by atoms with Crippen LogP contribution in [0.4, 0.5) is 24.7 Å². The summed E-state index contributed by atoms with van der Waals surface area (Å²) < 4.78 is 41.2. The van der Waals surface area contributed by atoms with E-state index in [-0.39, 0.29) is 0 Å². The fourth-order valence-corrected chi connectivity index (χ4v) is 2.43. The van der Waals surface area contributed by atoms with E-state index in [4.69, 9.17) is 0 Å². The molecule has 0 saturated carbocycles. The molecule has 1 aromatic carbocycles. The third-order valence-corrected chi connectivity index (χ3v) is 3.74.